The number of imidazole rings is 1. The first-order valence-corrected chi connectivity index (χ1v) is 18.1. The smallest absolute Gasteiger partial charge is 0.356 e. The molecule has 1 aliphatic heterocycles. The topological polar surface area (TPSA) is 108 Å². The highest BCUT2D eigenvalue weighted by Gasteiger charge is 2.33. The molecule has 2 aromatic carbocycles. The molecule has 3 heterocycles. The Kier molecular flexibility index (Phi) is 10.3. The zero-order valence-corrected chi connectivity index (χ0v) is 29.4. The van der Waals surface area contributed by atoms with Crippen LogP contribution < -0.4 is 10.2 Å². The SMILES string of the molecule is CC.COc1ccc2c(c1)C=C(c1c(C(=O)O)ncn1C1CCC1)Cn1c-2c(C2CCCCC2)c2ccc(C(=O)NOSC(C)C)cc21. The monoisotopic (exact) mass is 670 g/mol. The maximum Gasteiger partial charge on any atom is 0.356 e. The van der Waals surface area contributed by atoms with E-state index in [2.05, 4.69) is 37.8 Å². The average molecular weight is 671 g/mol. The van der Waals surface area contributed by atoms with Crippen LogP contribution >= 0.6 is 12.0 Å². The van der Waals surface area contributed by atoms with Crippen LogP contribution in [0.1, 0.15) is 129 Å². The number of amides is 1. The molecular weight excluding hydrogens is 625 g/mol. The van der Waals surface area contributed by atoms with Crippen molar-refractivity contribution in [2.75, 3.05) is 7.11 Å². The van der Waals surface area contributed by atoms with Crippen LogP contribution in [0.5, 0.6) is 5.75 Å². The molecule has 48 heavy (non-hydrogen) atoms. The number of carbonyl (C=O) groups excluding carboxylic acids is 1. The number of allylic oxidation sites excluding steroid dienone is 1. The summed E-state index contributed by atoms with van der Waals surface area (Å²) in [6.07, 6.45) is 12.8. The average Bonchev–Trinajstić information content (AvgIpc) is 3.59. The molecule has 2 fully saturated rings. The number of aromatic carboxylic acids is 1. The maximum atomic E-state index is 13.3. The summed E-state index contributed by atoms with van der Waals surface area (Å²) in [4.78, 5) is 30.2. The standard InChI is InChI=1S/C36H40N4O5S.C2H6/c1-21(2)46-45-38-35(41)23-12-14-29-30(18-23)39-19-25(33-32(36(42)43)37-20-40(33)26-10-7-11-26)16-24-17-27(44-3)13-15-28(24)34(39)31(29)22-8-5-4-6-9-22;1-2/h12-18,20-22,26H,4-11,19H2,1-3H3,(H,38,41)(H,42,43);1-2H3. The molecule has 1 amide bonds. The van der Waals surface area contributed by atoms with Crippen molar-refractivity contribution in [3.63, 3.8) is 0 Å². The highest BCUT2D eigenvalue weighted by Crippen LogP contribution is 2.48. The fourth-order valence-electron chi connectivity index (χ4n) is 7.32. The predicted octanol–water partition coefficient (Wildman–Crippen LogP) is 9.28. The minimum atomic E-state index is -1.04. The number of fused-ring (bicyclic) bond motifs is 5. The molecule has 2 saturated carbocycles. The van der Waals surface area contributed by atoms with Crippen molar-refractivity contribution < 1.29 is 23.7 Å². The molecule has 0 radical (unpaired) electrons. The van der Waals surface area contributed by atoms with E-state index in [4.69, 9.17) is 9.02 Å². The summed E-state index contributed by atoms with van der Waals surface area (Å²) >= 11 is 1.20. The Bertz CT molecular complexity index is 1850. The molecule has 0 saturated heterocycles. The number of aromatic nitrogens is 3. The minimum absolute atomic E-state index is 0.0647. The number of nitrogens with one attached hydrogen (secondary N) is 1. The highest BCUT2D eigenvalue weighted by atomic mass is 32.2. The van der Waals surface area contributed by atoms with Gasteiger partial charge >= 0.3 is 5.97 Å². The van der Waals surface area contributed by atoms with Crippen LogP contribution in [0.4, 0.5) is 0 Å². The van der Waals surface area contributed by atoms with Gasteiger partial charge in [-0.15, -0.1) is 0 Å². The van der Waals surface area contributed by atoms with E-state index < -0.39 is 5.97 Å². The molecule has 2 aliphatic carbocycles. The van der Waals surface area contributed by atoms with E-state index in [0.29, 0.717) is 23.7 Å². The van der Waals surface area contributed by atoms with Crippen LogP contribution in [-0.4, -0.2) is 43.5 Å². The fraction of sp³-hybridized carbons (Fsp3) is 0.447. The first kappa shape index (κ1) is 33.9. The van der Waals surface area contributed by atoms with E-state index in [-0.39, 0.29) is 22.9 Å². The molecule has 2 N–H and O–H groups in total. The number of carboxylic acids is 1. The van der Waals surface area contributed by atoms with Gasteiger partial charge in [-0.3, -0.25) is 4.79 Å². The molecule has 254 valence electrons. The molecule has 7 rings (SSSR count). The van der Waals surface area contributed by atoms with Gasteiger partial charge in [-0.1, -0.05) is 53.0 Å². The summed E-state index contributed by atoms with van der Waals surface area (Å²) < 4.78 is 15.4. The summed E-state index contributed by atoms with van der Waals surface area (Å²) in [5.74, 6) is -0.231. The van der Waals surface area contributed by atoms with Crippen molar-refractivity contribution in [3.8, 4) is 17.0 Å². The molecule has 3 aliphatic rings. The van der Waals surface area contributed by atoms with E-state index in [0.717, 1.165) is 71.2 Å². The number of methoxy groups -OCH3 is 1. The number of hydrogen-bond acceptors (Lipinski definition) is 6. The van der Waals surface area contributed by atoms with Crippen molar-refractivity contribution >= 4 is 46.5 Å². The first-order valence-electron chi connectivity index (χ1n) is 17.3. The van der Waals surface area contributed by atoms with Crippen LogP contribution in [0, 0.1) is 0 Å². The summed E-state index contributed by atoms with van der Waals surface area (Å²) in [5.41, 5.74) is 10.1. The molecule has 0 bridgehead atoms. The van der Waals surface area contributed by atoms with Crippen molar-refractivity contribution in [1.29, 1.82) is 0 Å². The number of carbonyl (C=O) groups is 2. The van der Waals surface area contributed by atoms with Gasteiger partial charge in [-0.2, -0.15) is 0 Å². The Morgan fingerprint density at radius 2 is 1.77 bits per heavy atom. The third-order valence-corrected chi connectivity index (χ3v) is 10.3. The normalized spacial score (nSPS) is 16.2. The molecular formula is C38H46N4O5S. The highest BCUT2D eigenvalue weighted by molar-refractivity contribution is 7.95. The van der Waals surface area contributed by atoms with Gasteiger partial charge in [0, 0.05) is 45.4 Å². The van der Waals surface area contributed by atoms with Gasteiger partial charge in [-0.25, -0.2) is 19.5 Å². The number of hydrogen-bond donors (Lipinski definition) is 2. The van der Waals surface area contributed by atoms with Crippen molar-refractivity contribution in [3.05, 3.63) is 70.8 Å². The van der Waals surface area contributed by atoms with Gasteiger partial charge in [0.25, 0.3) is 5.91 Å². The Hall–Kier alpha value is -4.02. The van der Waals surface area contributed by atoms with Crippen LogP contribution in [0.3, 0.4) is 0 Å². The third-order valence-electron chi connectivity index (χ3n) is 9.69. The quantitative estimate of drug-likeness (QED) is 0.135. The van der Waals surface area contributed by atoms with Crippen LogP contribution in [0.15, 0.2) is 42.7 Å². The Morgan fingerprint density at radius 1 is 1.00 bits per heavy atom. The number of carboxylic acid groups (broad SMARTS) is 1. The van der Waals surface area contributed by atoms with E-state index in [1.807, 2.05) is 52.0 Å². The molecule has 0 atom stereocenters. The van der Waals surface area contributed by atoms with E-state index in [9.17, 15) is 14.7 Å². The van der Waals surface area contributed by atoms with Crippen LogP contribution in [0.2, 0.25) is 0 Å². The number of benzene rings is 2. The molecule has 4 aromatic rings. The number of hydroxylamine groups is 1. The van der Waals surface area contributed by atoms with Crippen LogP contribution in [0.25, 0.3) is 33.8 Å². The fourth-order valence-corrected chi connectivity index (χ4v) is 7.64. The summed E-state index contributed by atoms with van der Waals surface area (Å²) in [7, 11) is 1.66. The lowest BCUT2D eigenvalue weighted by molar-refractivity contribution is 0.0689. The van der Waals surface area contributed by atoms with Crippen molar-refractivity contribution in [2.24, 2.45) is 0 Å². The van der Waals surface area contributed by atoms with E-state index in [1.165, 1.54) is 36.9 Å². The molecule has 0 unspecified atom stereocenters. The zero-order valence-electron chi connectivity index (χ0n) is 28.5. The lowest BCUT2D eigenvalue weighted by Crippen LogP contribution is -2.21. The Morgan fingerprint density at radius 3 is 2.44 bits per heavy atom. The summed E-state index contributed by atoms with van der Waals surface area (Å²) in [5, 5.41) is 11.6. The van der Waals surface area contributed by atoms with Gasteiger partial charge in [0.05, 0.1) is 31.4 Å². The van der Waals surface area contributed by atoms with E-state index in [1.54, 1.807) is 13.4 Å². The molecule has 9 nitrogen and oxygen atoms in total. The van der Waals surface area contributed by atoms with Gasteiger partial charge in [0.2, 0.25) is 0 Å². The second-order valence-corrected chi connectivity index (χ2v) is 14.2. The predicted molar refractivity (Wildman–Crippen MR) is 192 cm³/mol. The Labute approximate surface area is 286 Å². The number of rotatable bonds is 9. The minimum Gasteiger partial charge on any atom is -0.497 e. The first-order chi connectivity index (χ1) is 23.3. The number of ether oxygens (including phenoxy) is 1. The molecule has 0 spiro atoms. The second kappa shape index (κ2) is 14.6. The van der Waals surface area contributed by atoms with E-state index >= 15 is 0 Å². The lowest BCUT2D eigenvalue weighted by atomic mass is 9.81. The van der Waals surface area contributed by atoms with Gasteiger partial charge in [0.1, 0.15) is 5.75 Å². The van der Waals surface area contributed by atoms with Crippen LogP contribution in [-0.2, 0) is 10.8 Å². The van der Waals surface area contributed by atoms with Gasteiger partial charge in [0.15, 0.2) is 5.69 Å². The molecule has 2 aromatic heterocycles. The van der Waals surface area contributed by atoms with Crippen molar-refractivity contribution in [2.45, 2.75) is 103 Å². The zero-order chi connectivity index (χ0) is 33.9. The summed E-state index contributed by atoms with van der Waals surface area (Å²) in [6.45, 7) is 8.42. The lowest BCUT2D eigenvalue weighted by Gasteiger charge is -2.29. The number of nitrogens with zero attached hydrogens (tertiary/aromatic N) is 3. The largest absolute Gasteiger partial charge is 0.497 e. The maximum absolute atomic E-state index is 13.3. The van der Waals surface area contributed by atoms with Gasteiger partial charge < -0.3 is 19.0 Å². The summed E-state index contributed by atoms with van der Waals surface area (Å²) in [6, 6.07) is 12.3. The second-order valence-electron chi connectivity index (χ2n) is 12.9. The van der Waals surface area contributed by atoms with Gasteiger partial charge in [-0.05, 0) is 91.1 Å². The third kappa shape index (κ3) is 6.40. The Balaban J connectivity index is 0.00000197. The molecule has 10 heteroatoms. The van der Waals surface area contributed by atoms with Crippen molar-refractivity contribution in [1.82, 2.24) is 19.6 Å².